The number of halogens is 1. The SMILES string of the molecule is COC(=O)/C(F)=C/c1ccc([N+](=O)[O-])cc1. The Balaban J connectivity index is 2.91. The van der Waals surface area contributed by atoms with Gasteiger partial charge < -0.3 is 4.74 Å². The smallest absolute Gasteiger partial charge is 0.366 e. The van der Waals surface area contributed by atoms with Crippen LogP contribution in [-0.4, -0.2) is 18.0 Å². The molecule has 84 valence electrons. The van der Waals surface area contributed by atoms with Crippen LogP contribution in [0.3, 0.4) is 0 Å². The van der Waals surface area contributed by atoms with Gasteiger partial charge in [-0.3, -0.25) is 10.1 Å². The summed E-state index contributed by atoms with van der Waals surface area (Å²) in [5.41, 5.74) is 0.240. The second-order valence-electron chi connectivity index (χ2n) is 2.83. The van der Waals surface area contributed by atoms with Crippen molar-refractivity contribution >= 4 is 17.7 Å². The molecule has 0 amide bonds. The van der Waals surface area contributed by atoms with Gasteiger partial charge in [-0.15, -0.1) is 0 Å². The van der Waals surface area contributed by atoms with Crippen molar-refractivity contribution in [3.8, 4) is 0 Å². The quantitative estimate of drug-likeness (QED) is 0.342. The van der Waals surface area contributed by atoms with E-state index in [-0.39, 0.29) is 5.69 Å². The van der Waals surface area contributed by atoms with E-state index >= 15 is 0 Å². The van der Waals surface area contributed by atoms with Crippen LogP contribution in [0, 0.1) is 10.1 Å². The maximum absolute atomic E-state index is 13.0. The first-order valence-corrected chi connectivity index (χ1v) is 4.24. The van der Waals surface area contributed by atoms with E-state index in [0.717, 1.165) is 13.2 Å². The molecule has 0 aliphatic heterocycles. The number of nitro groups is 1. The summed E-state index contributed by atoms with van der Waals surface area (Å²) in [7, 11) is 1.06. The van der Waals surface area contributed by atoms with Crippen LogP contribution < -0.4 is 0 Å². The molecule has 0 saturated carbocycles. The van der Waals surface area contributed by atoms with Crippen molar-refractivity contribution in [3.05, 3.63) is 45.8 Å². The number of non-ortho nitro benzene ring substituents is 1. The fourth-order valence-electron chi connectivity index (χ4n) is 0.995. The zero-order valence-electron chi connectivity index (χ0n) is 8.34. The molecule has 0 bridgehead atoms. The van der Waals surface area contributed by atoms with Crippen molar-refractivity contribution in [2.45, 2.75) is 0 Å². The molecule has 0 heterocycles. The average Bonchev–Trinajstić information content (AvgIpc) is 2.28. The van der Waals surface area contributed by atoms with E-state index in [0.29, 0.717) is 5.56 Å². The molecular weight excluding hydrogens is 217 g/mol. The highest BCUT2D eigenvalue weighted by Gasteiger charge is 2.08. The van der Waals surface area contributed by atoms with Gasteiger partial charge in [-0.25, -0.2) is 4.79 Å². The Morgan fingerprint density at radius 3 is 2.44 bits per heavy atom. The number of esters is 1. The molecule has 0 unspecified atom stereocenters. The number of methoxy groups -OCH3 is 1. The Bertz CT molecular complexity index is 439. The van der Waals surface area contributed by atoms with E-state index in [1.54, 1.807) is 0 Å². The lowest BCUT2D eigenvalue weighted by molar-refractivity contribution is -0.384. The largest absolute Gasteiger partial charge is 0.464 e. The van der Waals surface area contributed by atoms with Crippen LogP contribution in [0.15, 0.2) is 30.1 Å². The Morgan fingerprint density at radius 2 is 2.00 bits per heavy atom. The summed E-state index contributed by atoms with van der Waals surface area (Å²) in [4.78, 5) is 20.5. The molecule has 0 N–H and O–H groups in total. The van der Waals surface area contributed by atoms with Gasteiger partial charge >= 0.3 is 5.97 Å². The predicted molar refractivity (Wildman–Crippen MR) is 54.2 cm³/mol. The zero-order valence-corrected chi connectivity index (χ0v) is 8.34. The molecular formula is C10H8FNO4. The van der Waals surface area contributed by atoms with Gasteiger partial charge in [-0.05, 0) is 23.8 Å². The molecule has 16 heavy (non-hydrogen) atoms. The Labute approximate surface area is 90.3 Å². The Kier molecular flexibility index (Phi) is 3.71. The fourth-order valence-corrected chi connectivity index (χ4v) is 0.995. The number of nitro benzene ring substituents is 1. The van der Waals surface area contributed by atoms with Gasteiger partial charge in [-0.2, -0.15) is 4.39 Å². The maximum Gasteiger partial charge on any atom is 0.366 e. The number of carbonyl (C=O) groups is 1. The second-order valence-corrected chi connectivity index (χ2v) is 2.83. The normalized spacial score (nSPS) is 11.0. The van der Waals surface area contributed by atoms with Crippen molar-refractivity contribution < 1.29 is 18.8 Å². The monoisotopic (exact) mass is 225 g/mol. The first-order valence-electron chi connectivity index (χ1n) is 4.24. The lowest BCUT2D eigenvalue weighted by Crippen LogP contribution is -1.99. The summed E-state index contributed by atoms with van der Waals surface area (Å²) >= 11 is 0. The van der Waals surface area contributed by atoms with Gasteiger partial charge in [0.15, 0.2) is 0 Å². The third-order valence-electron chi connectivity index (χ3n) is 1.78. The molecule has 0 aliphatic rings. The molecule has 6 heteroatoms. The lowest BCUT2D eigenvalue weighted by atomic mass is 10.2. The minimum Gasteiger partial charge on any atom is -0.464 e. The number of rotatable bonds is 3. The van der Waals surface area contributed by atoms with Crippen molar-refractivity contribution in [1.82, 2.24) is 0 Å². The molecule has 0 fully saturated rings. The molecule has 0 saturated heterocycles. The molecule has 1 rings (SSSR count). The molecule has 0 radical (unpaired) electrons. The summed E-state index contributed by atoms with van der Waals surface area (Å²) in [5.74, 6) is -2.14. The first-order chi connectivity index (χ1) is 7.54. The van der Waals surface area contributed by atoms with E-state index in [9.17, 15) is 19.3 Å². The standard InChI is InChI=1S/C10H8FNO4/c1-16-10(13)9(11)6-7-2-4-8(5-3-7)12(14)15/h2-6H,1H3/b9-6-. The zero-order chi connectivity index (χ0) is 12.1. The summed E-state index contributed by atoms with van der Waals surface area (Å²) in [6, 6.07) is 5.11. The average molecular weight is 225 g/mol. The van der Waals surface area contributed by atoms with E-state index in [4.69, 9.17) is 0 Å². The summed E-state index contributed by atoms with van der Waals surface area (Å²) in [6.07, 6.45) is 0.940. The van der Waals surface area contributed by atoms with Crippen molar-refractivity contribution in [2.75, 3.05) is 7.11 Å². The number of hydrogen-bond donors (Lipinski definition) is 0. The molecule has 0 atom stereocenters. The number of ether oxygens (including phenoxy) is 1. The highest BCUT2D eigenvalue weighted by molar-refractivity contribution is 5.91. The van der Waals surface area contributed by atoms with Crippen LogP contribution in [0.4, 0.5) is 10.1 Å². The van der Waals surface area contributed by atoms with E-state index < -0.39 is 16.7 Å². The summed E-state index contributed by atoms with van der Waals surface area (Å²) in [5, 5.41) is 10.3. The predicted octanol–water partition coefficient (Wildman–Crippen LogP) is 2.08. The van der Waals surface area contributed by atoms with Gasteiger partial charge in [0.2, 0.25) is 5.83 Å². The topological polar surface area (TPSA) is 69.4 Å². The number of nitrogens with zero attached hydrogens (tertiary/aromatic N) is 1. The molecule has 5 nitrogen and oxygen atoms in total. The van der Waals surface area contributed by atoms with Gasteiger partial charge in [-0.1, -0.05) is 0 Å². The van der Waals surface area contributed by atoms with Crippen LogP contribution in [-0.2, 0) is 9.53 Å². The lowest BCUT2D eigenvalue weighted by Gasteiger charge is -1.96. The summed E-state index contributed by atoms with van der Waals surface area (Å²) in [6.45, 7) is 0. The Morgan fingerprint density at radius 1 is 1.44 bits per heavy atom. The van der Waals surface area contributed by atoms with Gasteiger partial charge in [0.25, 0.3) is 5.69 Å². The number of carbonyl (C=O) groups excluding carboxylic acids is 1. The number of benzene rings is 1. The van der Waals surface area contributed by atoms with Gasteiger partial charge in [0, 0.05) is 12.1 Å². The third kappa shape index (κ3) is 2.88. The highest BCUT2D eigenvalue weighted by atomic mass is 19.1. The second kappa shape index (κ2) is 5.01. The van der Waals surface area contributed by atoms with E-state index in [2.05, 4.69) is 4.74 Å². The van der Waals surface area contributed by atoms with Gasteiger partial charge in [0.1, 0.15) is 0 Å². The Hall–Kier alpha value is -2.24. The van der Waals surface area contributed by atoms with E-state index in [1.165, 1.54) is 24.3 Å². The molecule has 0 spiro atoms. The van der Waals surface area contributed by atoms with Gasteiger partial charge in [0.05, 0.1) is 12.0 Å². The molecule has 1 aromatic carbocycles. The molecule has 1 aromatic rings. The van der Waals surface area contributed by atoms with Crippen molar-refractivity contribution in [3.63, 3.8) is 0 Å². The molecule has 0 aliphatic carbocycles. The van der Waals surface area contributed by atoms with Crippen molar-refractivity contribution in [2.24, 2.45) is 0 Å². The number of hydrogen-bond acceptors (Lipinski definition) is 4. The van der Waals surface area contributed by atoms with Crippen LogP contribution in [0.1, 0.15) is 5.56 Å². The maximum atomic E-state index is 13.0. The fraction of sp³-hybridized carbons (Fsp3) is 0.100. The highest BCUT2D eigenvalue weighted by Crippen LogP contribution is 2.15. The van der Waals surface area contributed by atoms with Crippen LogP contribution in [0.2, 0.25) is 0 Å². The third-order valence-corrected chi connectivity index (χ3v) is 1.78. The van der Waals surface area contributed by atoms with Crippen molar-refractivity contribution in [1.29, 1.82) is 0 Å². The van der Waals surface area contributed by atoms with Crippen LogP contribution in [0.5, 0.6) is 0 Å². The summed E-state index contributed by atoms with van der Waals surface area (Å²) < 4.78 is 17.2. The minimum atomic E-state index is -1.08. The minimum absolute atomic E-state index is 0.101. The van der Waals surface area contributed by atoms with Crippen LogP contribution >= 0.6 is 0 Å². The van der Waals surface area contributed by atoms with E-state index in [1.807, 2.05) is 0 Å². The molecule has 0 aromatic heterocycles. The van der Waals surface area contributed by atoms with Crippen LogP contribution in [0.25, 0.3) is 6.08 Å². The first kappa shape index (κ1) is 11.8.